The van der Waals surface area contributed by atoms with E-state index < -0.39 is 5.97 Å². The molecule has 9 nitrogen and oxygen atoms in total. The first-order valence-corrected chi connectivity index (χ1v) is 11.4. The molecule has 1 heterocycles. The Balaban J connectivity index is 1.60. The van der Waals surface area contributed by atoms with Gasteiger partial charge in [0.15, 0.2) is 11.0 Å². The van der Waals surface area contributed by atoms with Gasteiger partial charge >= 0.3 is 5.97 Å². The second kappa shape index (κ2) is 11.8. The molecule has 3 aromatic rings. The molecule has 0 saturated carbocycles. The first-order chi connectivity index (χ1) is 16.4. The number of aryl methyl sites for hydroxylation is 1. The smallest absolute Gasteiger partial charge is 0.337 e. The summed E-state index contributed by atoms with van der Waals surface area (Å²) >= 11 is 1.21. The van der Waals surface area contributed by atoms with Crippen LogP contribution in [0.1, 0.15) is 32.1 Å². The van der Waals surface area contributed by atoms with Gasteiger partial charge in [0.1, 0.15) is 0 Å². The predicted octanol–water partition coefficient (Wildman–Crippen LogP) is 3.22. The number of nitrogens with zero attached hydrogens (tertiary/aromatic N) is 3. The number of carbonyl (C=O) groups excluding carboxylic acids is 3. The molecule has 0 aliphatic rings. The Bertz CT molecular complexity index is 1190. The molecule has 2 N–H and O–H groups in total. The zero-order valence-corrected chi connectivity index (χ0v) is 19.7. The molecule has 0 aliphatic carbocycles. The highest BCUT2D eigenvalue weighted by Gasteiger charge is 2.15. The van der Waals surface area contributed by atoms with Gasteiger partial charge in [0.05, 0.1) is 25.0 Å². The lowest BCUT2D eigenvalue weighted by molar-refractivity contribution is -0.113. The van der Waals surface area contributed by atoms with Crippen molar-refractivity contribution in [2.24, 2.45) is 0 Å². The van der Waals surface area contributed by atoms with Crippen molar-refractivity contribution in [3.8, 4) is 0 Å². The minimum atomic E-state index is -0.481. The summed E-state index contributed by atoms with van der Waals surface area (Å²) in [5, 5.41) is 14.4. The summed E-state index contributed by atoms with van der Waals surface area (Å²) < 4.78 is 6.49. The molecule has 1 aromatic heterocycles. The van der Waals surface area contributed by atoms with Crippen LogP contribution in [-0.4, -0.2) is 45.4 Å². The molecule has 2 amide bonds. The second-order valence-corrected chi connectivity index (χ2v) is 8.20. The summed E-state index contributed by atoms with van der Waals surface area (Å²) in [5.41, 5.74) is 2.46. The normalized spacial score (nSPS) is 10.4. The highest BCUT2D eigenvalue weighted by atomic mass is 32.2. The molecule has 10 heteroatoms. The Hall–Kier alpha value is -3.92. The summed E-state index contributed by atoms with van der Waals surface area (Å²) in [5.74, 6) is -0.336. The van der Waals surface area contributed by atoms with E-state index in [1.807, 2.05) is 19.1 Å². The molecule has 0 bridgehead atoms. The highest BCUT2D eigenvalue weighted by Crippen LogP contribution is 2.19. The van der Waals surface area contributed by atoms with Gasteiger partial charge in [-0.1, -0.05) is 41.6 Å². The Kier molecular flexibility index (Phi) is 8.58. The summed E-state index contributed by atoms with van der Waals surface area (Å²) in [6, 6.07) is 13.8. The minimum Gasteiger partial charge on any atom is -0.465 e. The Morgan fingerprint density at radius 3 is 2.59 bits per heavy atom. The number of hydrogen-bond donors (Lipinski definition) is 2. The predicted molar refractivity (Wildman–Crippen MR) is 130 cm³/mol. The number of rotatable bonds is 10. The number of hydrogen-bond acceptors (Lipinski definition) is 7. The van der Waals surface area contributed by atoms with E-state index in [1.54, 1.807) is 47.0 Å². The van der Waals surface area contributed by atoms with Crippen LogP contribution >= 0.6 is 11.8 Å². The summed E-state index contributed by atoms with van der Waals surface area (Å²) in [4.78, 5) is 36.5. The number of esters is 1. The lowest BCUT2D eigenvalue weighted by Gasteiger charge is -2.09. The minimum absolute atomic E-state index is 0.0768. The molecular weight excluding hydrogens is 454 g/mol. The van der Waals surface area contributed by atoms with E-state index >= 15 is 0 Å². The number of thioether (sulfide) groups is 1. The fourth-order valence-corrected chi connectivity index (χ4v) is 3.77. The van der Waals surface area contributed by atoms with Crippen molar-refractivity contribution >= 4 is 35.2 Å². The number of benzene rings is 2. The first kappa shape index (κ1) is 24.7. The van der Waals surface area contributed by atoms with Crippen LogP contribution in [0.25, 0.3) is 0 Å². The molecular formula is C24H25N5O4S. The standard InChI is InChI=1S/C24H25N5O4S/c1-4-12-29-20(14-25-22(31)17-10-8-16(2)9-11-17)27-28-24(29)34-15-21(30)26-19-7-5-6-18(13-19)23(32)33-3/h4-11,13H,1,12,14-15H2,2-3H3,(H,25,31)(H,26,30). The van der Waals surface area contributed by atoms with E-state index in [-0.39, 0.29) is 24.1 Å². The number of allylic oxidation sites excluding steroid dienone is 1. The van der Waals surface area contributed by atoms with E-state index in [2.05, 4.69) is 27.4 Å². The largest absolute Gasteiger partial charge is 0.465 e. The molecule has 34 heavy (non-hydrogen) atoms. The third-order valence-corrected chi connectivity index (χ3v) is 5.69. The zero-order chi connectivity index (χ0) is 24.5. The van der Waals surface area contributed by atoms with Crippen LogP contribution in [0.4, 0.5) is 5.69 Å². The maximum Gasteiger partial charge on any atom is 0.337 e. The van der Waals surface area contributed by atoms with Crippen molar-refractivity contribution in [2.75, 3.05) is 18.2 Å². The molecule has 0 atom stereocenters. The van der Waals surface area contributed by atoms with Crippen LogP contribution in [0.2, 0.25) is 0 Å². The van der Waals surface area contributed by atoms with Crippen molar-refractivity contribution in [1.82, 2.24) is 20.1 Å². The van der Waals surface area contributed by atoms with Gasteiger partial charge in [0.2, 0.25) is 5.91 Å². The highest BCUT2D eigenvalue weighted by molar-refractivity contribution is 7.99. The SMILES string of the molecule is C=CCn1c(CNC(=O)c2ccc(C)cc2)nnc1SCC(=O)Nc1cccc(C(=O)OC)c1. The average molecular weight is 480 g/mol. The topological polar surface area (TPSA) is 115 Å². The number of amides is 2. The fraction of sp³-hybridized carbons (Fsp3) is 0.208. The van der Waals surface area contributed by atoms with Gasteiger partial charge in [0, 0.05) is 17.8 Å². The maximum absolute atomic E-state index is 12.4. The van der Waals surface area contributed by atoms with Gasteiger partial charge in [-0.3, -0.25) is 9.59 Å². The van der Waals surface area contributed by atoms with E-state index in [1.165, 1.54) is 18.9 Å². The van der Waals surface area contributed by atoms with Gasteiger partial charge in [-0.05, 0) is 37.3 Å². The molecule has 2 aromatic carbocycles. The average Bonchev–Trinajstić information content (AvgIpc) is 3.23. The van der Waals surface area contributed by atoms with Gasteiger partial charge in [-0.15, -0.1) is 16.8 Å². The Labute approximate surface area is 201 Å². The van der Waals surface area contributed by atoms with E-state index in [0.717, 1.165) is 5.56 Å². The lowest BCUT2D eigenvalue weighted by Crippen LogP contribution is -2.24. The van der Waals surface area contributed by atoms with Crippen LogP contribution in [0.5, 0.6) is 0 Å². The molecule has 0 aliphatic heterocycles. The monoisotopic (exact) mass is 479 g/mol. The number of ether oxygens (including phenoxy) is 1. The van der Waals surface area contributed by atoms with E-state index in [0.29, 0.717) is 34.3 Å². The van der Waals surface area contributed by atoms with Crippen LogP contribution < -0.4 is 10.6 Å². The number of carbonyl (C=O) groups is 3. The number of methoxy groups -OCH3 is 1. The first-order valence-electron chi connectivity index (χ1n) is 10.4. The van der Waals surface area contributed by atoms with Gasteiger partial charge in [-0.25, -0.2) is 4.79 Å². The molecule has 0 saturated heterocycles. The zero-order valence-electron chi connectivity index (χ0n) is 18.9. The van der Waals surface area contributed by atoms with Crippen LogP contribution in [0.15, 0.2) is 66.3 Å². The molecule has 0 unspecified atom stereocenters. The molecule has 0 radical (unpaired) electrons. The second-order valence-electron chi connectivity index (χ2n) is 7.26. The lowest BCUT2D eigenvalue weighted by atomic mass is 10.1. The third-order valence-electron chi connectivity index (χ3n) is 4.73. The Morgan fingerprint density at radius 2 is 1.88 bits per heavy atom. The van der Waals surface area contributed by atoms with Gasteiger partial charge < -0.3 is 19.9 Å². The van der Waals surface area contributed by atoms with Crippen molar-refractivity contribution in [3.05, 3.63) is 83.7 Å². The summed E-state index contributed by atoms with van der Waals surface area (Å²) in [6.45, 7) is 6.32. The summed E-state index contributed by atoms with van der Waals surface area (Å²) in [7, 11) is 1.30. The molecule has 0 fully saturated rings. The number of nitrogens with one attached hydrogen (secondary N) is 2. The third kappa shape index (κ3) is 6.55. The van der Waals surface area contributed by atoms with Crippen molar-refractivity contribution < 1.29 is 19.1 Å². The van der Waals surface area contributed by atoms with Crippen molar-refractivity contribution in [1.29, 1.82) is 0 Å². The van der Waals surface area contributed by atoms with E-state index in [4.69, 9.17) is 4.74 Å². The maximum atomic E-state index is 12.4. The van der Waals surface area contributed by atoms with Gasteiger partial charge in [0.25, 0.3) is 5.91 Å². The van der Waals surface area contributed by atoms with Crippen LogP contribution in [-0.2, 0) is 22.6 Å². The quantitative estimate of drug-likeness (QED) is 0.261. The Morgan fingerprint density at radius 1 is 1.12 bits per heavy atom. The molecule has 0 spiro atoms. The van der Waals surface area contributed by atoms with Crippen molar-refractivity contribution in [3.63, 3.8) is 0 Å². The fourth-order valence-electron chi connectivity index (χ4n) is 3.00. The van der Waals surface area contributed by atoms with Crippen LogP contribution in [0.3, 0.4) is 0 Å². The molecule has 3 rings (SSSR count). The van der Waals surface area contributed by atoms with Gasteiger partial charge in [-0.2, -0.15) is 0 Å². The van der Waals surface area contributed by atoms with Crippen LogP contribution in [0, 0.1) is 6.92 Å². The number of aromatic nitrogens is 3. The molecule has 176 valence electrons. The van der Waals surface area contributed by atoms with Crippen molar-refractivity contribution in [2.45, 2.75) is 25.2 Å². The number of anilines is 1. The van der Waals surface area contributed by atoms with E-state index in [9.17, 15) is 14.4 Å². The summed E-state index contributed by atoms with van der Waals surface area (Å²) in [6.07, 6.45) is 1.69.